The van der Waals surface area contributed by atoms with Crippen LogP contribution in [0.2, 0.25) is 0 Å². The quantitative estimate of drug-likeness (QED) is 0.213. The first-order valence-electron chi connectivity index (χ1n) is 7.80. The van der Waals surface area contributed by atoms with Gasteiger partial charge in [0.25, 0.3) is 0 Å². The van der Waals surface area contributed by atoms with E-state index in [4.69, 9.17) is 15.2 Å². The number of nitrogens with two attached hydrogens (primary N) is 1. The molecule has 1 aliphatic rings. The molecule has 1 aliphatic heterocycles. The average Bonchev–Trinajstić information content (AvgIpc) is 2.54. The smallest absolute Gasteiger partial charge is 0.409 e. The number of nitrogens with one attached hydrogen (secondary N) is 2. The minimum absolute atomic E-state index is 0. The Morgan fingerprint density at radius 3 is 2.58 bits per heavy atom. The summed E-state index contributed by atoms with van der Waals surface area (Å²) in [4.78, 5) is 28.8. The lowest BCUT2D eigenvalue weighted by molar-refractivity contribution is -0.119. The molecule has 140 valence electrons. The van der Waals surface area contributed by atoms with Gasteiger partial charge in [0, 0.05) is 32.8 Å². The van der Waals surface area contributed by atoms with Gasteiger partial charge >= 0.3 is 6.09 Å². The zero-order chi connectivity index (χ0) is 17.1. The van der Waals surface area contributed by atoms with Crippen molar-refractivity contribution in [2.24, 2.45) is 10.7 Å². The van der Waals surface area contributed by atoms with E-state index in [1.165, 1.54) is 0 Å². The molecular formula is C14H28IN5O4. The molecule has 0 radical (unpaired) electrons. The number of piperidine rings is 1. The monoisotopic (exact) mass is 457 g/mol. The Kier molecular flexibility index (Phi) is 12.3. The Morgan fingerprint density at radius 2 is 2.00 bits per heavy atom. The third-order valence-electron chi connectivity index (χ3n) is 3.39. The Hall–Kier alpha value is -1.30. The van der Waals surface area contributed by atoms with Gasteiger partial charge in [-0.1, -0.05) is 0 Å². The number of carbonyl (C=O) groups is 2. The molecule has 0 spiro atoms. The molecule has 0 aliphatic carbocycles. The van der Waals surface area contributed by atoms with Gasteiger partial charge in [0.2, 0.25) is 5.91 Å². The molecule has 0 aromatic heterocycles. The molecule has 0 bridgehead atoms. The lowest BCUT2D eigenvalue weighted by Gasteiger charge is -2.31. The summed E-state index contributed by atoms with van der Waals surface area (Å²) in [5.74, 6) is 0.0328. The Balaban J connectivity index is 0.00000529. The molecule has 1 heterocycles. The van der Waals surface area contributed by atoms with E-state index in [0.29, 0.717) is 32.8 Å². The van der Waals surface area contributed by atoms with Crippen molar-refractivity contribution in [2.75, 3.05) is 46.5 Å². The number of carbonyl (C=O) groups excluding carboxylic acids is 2. The second-order valence-electron chi connectivity index (χ2n) is 5.15. The highest BCUT2D eigenvalue weighted by molar-refractivity contribution is 14.0. The standard InChI is InChI=1S/C14H27N5O4.HI/c1-3-23-14(21)19-7-4-11(5-8-19)18-13(15)17-10-12(20)16-6-9-22-2;/h11H,3-10H2,1-2H3,(H,16,20)(H3,15,17,18);1H. The van der Waals surface area contributed by atoms with E-state index < -0.39 is 0 Å². The maximum Gasteiger partial charge on any atom is 0.409 e. The largest absolute Gasteiger partial charge is 0.450 e. The van der Waals surface area contributed by atoms with Crippen molar-refractivity contribution in [3.05, 3.63) is 0 Å². The Morgan fingerprint density at radius 1 is 1.33 bits per heavy atom. The number of ether oxygens (including phenoxy) is 2. The van der Waals surface area contributed by atoms with Gasteiger partial charge in [-0.3, -0.25) is 4.79 Å². The average molecular weight is 457 g/mol. The zero-order valence-electron chi connectivity index (χ0n) is 14.2. The molecule has 24 heavy (non-hydrogen) atoms. The van der Waals surface area contributed by atoms with Crippen LogP contribution in [0, 0.1) is 0 Å². The van der Waals surface area contributed by atoms with Crippen LogP contribution >= 0.6 is 24.0 Å². The van der Waals surface area contributed by atoms with E-state index >= 15 is 0 Å². The van der Waals surface area contributed by atoms with Gasteiger partial charge in [0.05, 0.1) is 13.2 Å². The number of hydrogen-bond acceptors (Lipinski definition) is 5. The molecule has 2 amide bonds. The highest BCUT2D eigenvalue weighted by atomic mass is 127. The van der Waals surface area contributed by atoms with E-state index in [9.17, 15) is 9.59 Å². The van der Waals surface area contributed by atoms with Crippen LogP contribution in [-0.2, 0) is 14.3 Å². The van der Waals surface area contributed by atoms with Crippen molar-refractivity contribution in [2.45, 2.75) is 25.8 Å². The number of likely N-dealkylation sites (tertiary alicyclic amines) is 1. The van der Waals surface area contributed by atoms with Gasteiger partial charge < -0.3 is 30.7 Å². The fraction of sp³-hybridized carbons (Fsp3) is 0.786. The van der Waals surface area contributed by atoms with Crippen LogP contribution in [-0.4, -0.2) is 75.4 Å². The molecule has 4 N–H and O–H groups in total. The molecule has 0 atom stereocenters. The molecule has 0 unspecified atom stereocenters. The normalized spacial score (nSPS) is 15.4. The third kappa shape index (κ3) is 9.11. The van der Waals surface area contributed by atoms with Gasteiger partial charge in [0.15, 0.2) is 5.96 Å². The first-order valence-corrected chi connectivity index (χ1v) is 7.80. The van der Waals surface area contributed by atoms with Crippen LogP contribution in [0.3, 0.4) is 0 Å². The van der Waals surface area contributed by atoms with Crippen LogP contribution in [0.1, 0.15) is 19.8 Å². The number of guanidine groups is 1. The van der Waals surface area contributed by atoms with Crippen LogP contribution in [0.25, 0.3) is 0 Å². The number of rotatable bonds is 7. The number of hydrogen-bond donors (Lipinski definition) is 3. The number of aliphatic imine (C=N–C) groups is 1. The van der Waals surface area contributed by atoms with E-state index in [2.05, 4.69) is 15.6 Å². The molecular weight excluding hydrogens is 429 g/mol. The summed E-state index contributed by atoms with van der Waals surface area (Å²) in [6.45, 7) is 4.28. The number of nitrogens with zero attached hydrogens (tertiary/aromatic N) is 2. The van der Waals surface area contributed by atoms with E-state index in [1.807, 2.05) is 0 Å². The molecule has 0 aromatic rings. The summed E-state index contributed by atoms with van der Waals surface area (Å²) in [5.41, 5.74) is 5.78. The summed E-state index contributed by atoms with van der Waals surface area (Å²) >= 11 is 0. The molecule has 9 nitrogen and oxygen atoms in total. The molecule has 1 saturated heterocycles. The SMILES string of the molecule is CCOC(=O)N1CCC(NC(N)=NCC(=O)NCCOC)CC1.I. The summed E-state index contributed by atoms with van der Waals surface area (Å²) in [6.07, 6.45) is 1.24. The maximum absolute atomic E-state index is 11.6. The minimum Gasteiger partial charge on any atom is -0.450 e. The predicted octanol–water partition coefficient (Wildman–Crippen LogP) is -0.108. The lowest BCUT2D eigenvalue weighted by atomic mass is 10.1. The van der Waals surface area contributed by atoms with Crippen molar-refractivity contribution in [3.63, 3.8) is 0 Å². The maximum atomic E-state index is 11.6. The van der Waals surface area contributed by atoms with Gasteiger partial charge in [-0.25, -0.2) is 9.79 Å². The van der Waals surface area contributed by atoms with Crippen molar-refractivity contribution in [1.29, 1.82) is 0 Å². The topological polar surface area (TPSA) is 118 Å². The van der Waals surface area contributed by atoms with Crippen molar-refractivity contribution in [3.8, 4) is 0 Å². The van der Waals surface area contributed by atoms with E-state index in [-0.39, 0.29) is 54.5 Å². The highest BCUT2D eigenvalue weighted by Gasteiger charge is 2.23. The van der Waals surface area contributed by atoms with Crippen LogP contribution in [0.15, 0.2) is 4.99 Å². The zero-order valence-corrected chi connectivity index (χ0v) is 16.6. The van der Waals surface area contributed by atoms with Crippen molar-refractivity contribution < 1.29 is 19.1 Å². The van der Waals surface area contributed by atoms with Gasteiger partial charge in [-0.15, -0.1) is 24.0 Å². The predicted molar refractivity (Wildman–Crippen MR) is 102 cm³/mol. The second kappa shape index (κ2) is 13.0. The molecule has 0 aromatic carbocycles. The Bertz CT molecular complexity index is 414. The fourth-order valence-electron chi connectivity index (χ4n) is 2.18. The van der Waals surface area contributed by atoms with Crippen LogP contribution < -0.4 is 16.4 Å². The van der Waals surface area contributed by atoms with E-state index in [0.717, 1.165) is 12.8 Å². The van der Waals surface area contributed by atoms with Gasteiger partial charge in [-0.2, -0.15) is 0 Å². The lowest BCUT2D eigenvalue weighted by Crippen LogP contribution is -2.48. The summed E-state index contributed by atoms with van der Waals surface area (Å²) in [5, 5.41) is 5.74. The van der Waals surface area contributed by atoms with Crippen molar-refractivity contribution in [1.82, 2.24) is 15.5 Å². The van der Waals surface area contributed by atoms with Gasteiger partial charge in [0.1, 0.15) is 6.54 Å². The molecule has 0 saturated carbocycles. The third-order valence-corrected chi connectivity index (χ3v) is 3.39. The highest BCUT2D eigenvalue weighted by Crippen LogP contribution is 2.11. The summed E-state index contributed by atoms with van der Waals surface area (Å²) < 4.78 is 9.80. The number of halogens is 1. The van der Waals surface area contributed by atoms with Crippen LogP contribution in [0.4, 0.5) is 4.79 Å². The first-order chi connectivity index (χ1) is 11.1. The molecule has 1 rings (SSSR count). The first kappa shape index (κ1) is 22.7. The number of methoxy groups -OCH3 is 1. The summed E-state index contributed by atoms with van der Waals surface area (Å²) in [7, 11) is 1.57. The van der Waals surface area contributed by atoms with Gasteiger partial charge in [-0.05, 0) is 19.8 Å². The van der Waals surface area contributed by atoms with E-state index in [1.54, 1.807) is 18.9 Å². The van der Waals surface area contributed by atoms with Crippen molar-refractivity contribution >= 4 is 41.9 Å². The summed E-state index contributed by atoms with van der Waals surface area (Å²) in [6, 6.07) is 0.140. The second-order valence-corrected chi connectivity index (χ2v) is 5.15. The molecule has 10 heteroatoms. The number of amides is 2. The minimum atomic E-state index is -0.277. The van der Waals surface area contributed by atoms with Crippen LogP contribution in [0.5, 0.6) is 0 Å². The Labute approximate surface area is 159 Å². The molecule has 1 fully saturated rings. The fourth-order valence-corrected chi connectivity index (χ4v) is 2.18.